The second-order valence-electron chi connectivity index (χ2n) is 7.32. The minimum absolute atomic E-state index is 0.318. The van der Waals surface area contributed by atoms with E-state index in [2.05, 4.69) is 10.6 Å². The molecule has 0 spiro atoms. The molecule has 2 atom stereocenters. The van der Waals surface area contributed by atoms with Crippen molar-refractivity contribution in [3.63, 3.8) is 0 Å². The number of nitrogens with two attached hydrogens (primary N) is 1. The molecule has 170 valence electrons. The zero-order valence-corrected chi connectivity index (χ0v) is 17.9. The Morgan fingerprint density at radius 1 is 1.03 bits per heavy atom. The van der Waals surface area contributed by atoms with Crippen molar-refractivity contribution in [3.05, 3.63) is 96.3 Å². The quantitative estimate of drug-likeness (QED) is 0.291. The van der Waals surface area contributed by atoms with Crippen LogP contribution in [-0.2, 0) is 9.53 Å². The fourth-order valence-electron chi connectivity index (χ4n) is 3.09. The molecule has 0 aliphatic rings. The number of hydrogen-bond acceptors (Lipinski definition) is 5. The number of carbonyl (C=O) groups excluding carboxylic acids is 2. The minimum Gasteiger partial charge on any atom is -0.505 e. The van der Waals surface area contributed by atoms with Gasteiger partial charge in [0.25, 0.3) is 0 Å². The summed E-state index contributed by atoms with van der Waals surface area (Å²) >= 11 is 0. The van der Waals surface area contributed by atoms with Gasteiger partial charge in [-0.1, -0.05) is 49.4 Å². The summed E-state index contributed by atoms with van der Waals surface area (Å²) in [6.45, 7) is 1.71. The van der Waals surface area contributed by atoms with Crippen LogP contribution in [0, 0.1) is 11.7 Å². The average molecular weight is 449 g/mol. The zero-order chi connectivity index (χ0) is 23.8. The molecule has 2 amide bonds. The summed E-state index contributed by atoms with van der Waals surface area (Å²) in [5.74, 6) is -2.31. The Labute approximate surface area is 190 Å². The summed E-state index contributed by atoms with van der Waals surface area (Å²) in [6.07, 6.45) is 1.15. The van der Waals surface area contributed by atoms with E-state index in [4.69, 9.17) is 10.5 Å². The molecular weight excluding hydrogens is 425 g/mol. The molecule has 3 rings (SSSR count). The van der Waals surface area contributed by atoms with Crippen molar-refractivity contribution < 1.29 is 23.8 Å². The van der Waals surface area contributed by atoms with Gasteiger partial charge in [0, 0.05) is 11.6 Å². The number of hydrogen-bond donors (Lipinski definition) is 4. The summed E-state index contributed by atoms with van der Waals surface area (Å²) in [4.78, 5) is 24.8. The number of halogens is 1. The molecule has 0 saturated heterocycles. The third-order valence-electron chi connectivity index (χ3n) is 4.80. The van der Waals surface area contributed by atoms with E-state index in [1.54, 1.807) is 67.6 Å². The van der Waals surface area contributed by atoms with E-state index < -0.39 is 35.6 Å². The molecule has 8 heteroatoms. The molecule has 3 aromatic rings. The number of nitrogen functional groups attached to an aromatic ring is 1. The molecule has 0 aliphatic heterocycles. The number of ether oxygens (including phenoxy) is 1. The van der Waals surface area contributed by atoms with Gasteiger partial charge in [0.15, 0.2) is 11.6 Å². The van der Waals surface area contributed by atoms with Crippen molar-refractivity contribution in [2.45, 2.75) is 13.0 Å². The smallest absolute Gasteiger partial charge is 0.412 e. The van der Waals surface area contributed by atoms with Gasteiger partial charge in [-0.2, -0.15) is 0 Å². The Bertz CT molecular complexity index is 1150. The van der Waals surface area contributed by atoms with Crippen LogP contribution in [0.3, 0.4) is 0 Å². The topological polar surface area (TPSA) is 114 Å². The van der Waals surface area contributed by atoms with Gasteiger partial charge in [-0.15, -0.1) is 0 Å². The third-order valence-corrected chi connectivity index (χ3v) is 4.80. The first-order valence-corrected chi connectivity index (χ1v) is 10.2. The van der Waals surface area contributed by atoms with Gasteiger partial charge >= 0.3 is 6.09 Å². The highest BCUT2D eigenvalue weighted by Crippen LogP contribution is 2.30. The number of phenolic OH excluding ortho intramolecular Hbond substituents is 1. The van der Waals surface area contributed by atoms with Gasteiger partial charge in [-0.3, -0.25) is 10.1 Å². The molecule has 5 N–H and O–H groups in total. The molecule has 3 aromatic carbocycles. The molecule has 0 aliphatic carbocycles. The molecule has 0 saturated carbocycles. The predicted molar refractivity (Wildman–Crippen MR) is 125 cm³/mol. The van der Waals surface area contributed by atoms with Crippen molar-refractivity contribution in [2.75, 3.05) is 16.4 Å². The number of para-hydroxylation sites is 3. The Morgan fingerprint density at radius 2 is 1.73 bits per heavy atom. The van der Waals surface area contributed by atoms with E-state index >= 15 is 0 Å². The fourth-order valence-corrected chi connectivity index (χ4v) is 3.09. The summed E-state index contributed by atoms with van der Waals surface area (Å²) in [5.41, 5.74) is 7.57. The first kappa shape index (κ1) is 23.3. The highest BCUT2D eigenvalue weighted by molar-refractivity contribution is 6.01. The maximum Gasteiger partial charge on any atom is 0.412 e. The van der Waals surface area contributed by atoms with Crippen LogP contribution in [0.25, 0.3) is 0 Å². The Morgan fingerprint density at radius 3 is 2.42 bits per heavy atom. The maximum atomic E-state index is 14.0. The Balaban J connectivity index is 1.76. The lowest BCUT2D eigenvalue weighted by atomic mass is 9.96. The first-order chi connectivity index (χ1) is 15.8. The molecule has 7 nitrogen and oxygen atoms in total. The predicted octanol–water partition coefficient (Wildman–Crippen LogP) is 5.23. The lowest BCUT2D eigenvalue weighted by Gasteiger charge is -2.23. The lowest BCUT2D eigenvalue weighted by molar-refractivity contribution is -0.111. The van der Waals surface area contributed by atoms with Gasteiger partial charge in [0.1, 0.15) is 6.10 Å². The van der Waals surface area contributed by atoms with Crippen LogP contribution < -0.4 is 16.4 Å². The van der Waals surface area contributed by atoms with Crippen molar-refractivity contribution in [2.24, 2.45) is 5.92 Å². The Hall–Kier alpha value is -4.33. The summed E-state index contributed by atoms with van der Waals surface area (Å²) in [5, 5.41) is 14.8. The van der Waals surface area contributed by atoms with Crippen molar-refractivity contribution in [3.8, 4) is 5.75 Å². The number of nitrogens with one attached hydrogen (secondary N) is 2. The van der Waals surface area contributed by atoms with Crippen LogP contribution in [0.4, 0.5) is 26.2 Å². The molecule has 0 heterocycles. The summed E-state index contributed by atoms with van der Waals surface area (Å²) in [7, 11) is 0. The lowest BCUT2D eigenvalue weighted by Crippen LogP contribution is -2.21. The molecule has 0 unspecified atom stereocenters. The van der Waals surface area contributed by atoms with Gasteiger partial charge in [-0.25, -0.2) is 9.18 Å². The monoisotopic (exact) mass is 449 g/mol. The fraction of sp³-hybridized carbons (Fsp3) is 0.120. The molecule has 0 bridgehead atoms. The van der Waals surface area contributed by atoms with E-state index in [1.807, 2.05) is 0 Å². The first-order valence-electron chi connectivity index (χ1n) is 10.2. The molecule has 0 radical (unpaired) electrons. The Kier molecular flexibility index (Phi) is 7.64. The van der Waals surface area contributed by atoms with Crippen molar-refractivity contribution >= 4 is 29.1 Å². The summed E-state index contributed by atoms with van der Waals surface area (Å²) in [6, 6.07) is 19.3. The van der Waals surface area contributed by atoms with E-state index in [9.17, 15) is 19.1 Å². The van der Waals surface area contributed by atoms with Crippen molar-refractivity contribution in [1.29, 1.82) is 0 Å². The summed E-state index contributed by atoms with van der Waals surface area (Å²) < 4.78 is 19.5. The normalized spacial score (nSPS) is 12.7. The number of carbonyl (C=O) groups is 2. The van der Waals surface area contributed by atoms with Crippen LogP contribution in [0.5, 0.6) is 5.75 Å². The molecule has 0 fully saturated rings. The highest BCUT2D eigenvalue weighted by Gasteiger charge is 2.24. The SMILES string of the molecule is C[C@@H](/C=C/C(=O)Nc1ccccc1N)[C@@H](OC(=O)Nc1ccccc1)c1ccc(O)c(F)c1. The maximum absolute atomic E-state index is 14.0. The van der Waals surface area contributed by atoms with Gasteiger partial charge in [0.2, 0.25) is 5.91 Å². The molecule has 33 heavy (non-hydrogen) atoms. The number of anilines is 3. The second-order valence-corrected chi connectivity index (χ2v) is 7.32. The van der Waals surface area contributed by atoms with Crippen LogP contribution in [0.15, 0.2) is 84.9 Å². The van der Waals surface area contributed by atoms with Crippen molar-refractivity contribution in [1.82, 2.24) is 0 Å². The van der Waals surface area contributed by atoms with Crippen LogP contribution >= 0.6 is 0 Å². The van der Waals surface area contributed by atoms with E-state index in [0.29, 0.717) is 22.6 Å². The van der Waals surface area contributed by atoms with Crippen LogP contribution in [0.1, 0.15) is 18.6 Å². The molecule has 0 aromatic heterocycles. The number of benzene rings is 3. The van der Waals surface area contributed by atoms with E-state index in [-0.39, 0.29) is 0 Å². The average Bonchev–Trinajstić information content (AvgIpc) is 2.80. The second kappa shape index (κ2) is 10.8. The number of rotatable bonds is 7. The van der Waals surface area contributed by atoms with E-state index in [1.165, 1.54) is 18.2 Å². The van der Waals surface area contributed by atoms with Crippen LogP contribution in [0.2, 0.25) is 0 Å². The van der Waals surface area contributed by atoms with Crippen LogP contribution in [-0.4, -0.2) is 17.1 Å². The van der Waals surface area contributed by atoms with E-state index in [0.717, 1.165) is 6.07 Å². The van der Waals surface area contributed by atoms with Gasteiger partial charge < -0.3 is 20.9 Å². The zero-order valence-electron chi connectivity index (χ0n) is 17.9. The number of aromatic hydroxyl groups is 1. The third kappa shape index (κ3) is 6.57. The molecular formula is C25H24FN3O4. The largest absolute Gasteiger partial charge is 0.505 e. The standard InChI is InChI=1S/C25H24FN3O4/c1-16(11-14-23(31)29-21-10-6-5-9-20(21)27)24(17-12-13-22(30)19(26)15-17)33-25(32)28-18-7-3-2-4-8-18/h2-16,24,30H,27H2,1H3,(H,28,32)(H,29,31)/b14-11+/t16-,24+/m0/s1. The van der Waals surface area contributed by atoms with Gasteiger partial charge in [-0.05, 0) is 48.0 Å². The number of phenols is 1. The van der Waals surface area contributed by atoms with Gasteiger partial charge in [0.05, 0.1) is 11.4 Å². The minimum atomic E-state index is -0.936. The number of amides is 2. The highest BCUT2D eigenvalue weighted by atomic mass is 19.1.